The molecule has 5 heteroatoms. The topological polar surface area (TPSA) is 45.6 Å². The van der Waals surface area contributed by atoms with Gasteiger partial charge >= 0.3 is 0 Å². The Morgan fingerprint density at radius 2 is 2.21 bits per heavy atom. The lowest BCUT2D eigenvalue weighted by atomic mass is 9.98. The summed E-state index contributed by atoms with van der Waals surface area (Å²) in [6.45, 7) is 11.2. The molecule has 2 rings (SSSR count). The number of rotatable bonds is 3. The van der Waals surface area contributed by atoms with Gasteiger partial charge in [-0.15, -0.1) is 11.3 Å². The van der Waals surface area contributed by atoms with Gasteiger partial charge in [0.2, 0.25) is 0 Å². The summed E-state index contributed by atoms with van der Waals surface area (Å²) >= 11 is 1.73. The molecule has 2 unspecified atom stereocenters. The van der Waals surface area contributed by atoms with E-state index in [0.717, 1.165) is 25.3 Å². The maximum Gasteiger partial charge on any atom is 0.0982 e. The van der Waals surface area contributed by atoms with Crippen LogP contribution < -0.4 is 0 Å². The molecule has 19 heavy (non-hydrogen) atoms. The molecule has 1 N–H and O–H groups in total. The predicted octanol–water partition coefficient (Wildman–Crippen LogP) is 2.02. The van der Waals surface area contributed by atoms with Crippen LogP contribution in [0, 0.1) is 0 Å². The summed E-state index contributed by atoms with van der Waals surface area (Å²) in [5, 5.41) is 12.6. The predicted molar refractivity (Wildman–Crippen MR) is 77.5 cm³/mol. The Hall–Kier alpha value is -0.490. The van der Waals surface area contributed by atoms with Crippen LogP contribution in [0.15, 0.2) is 5.38 Å². The lowest BCUT2D eigenvalue weighted by Gasteiger charge is -2.35. The van der Waals surface area contributed by atoms with Crippen LogP contribution in [-0.2, 0) is 16.7 Å². The van der Waals surface area contributed by atoms with E-state index in [4.69, 9.17) is 9.72 Å². The molecule has 1 aliphatic heterocycles. The molecule has 0 aliphatic carbocycles. The van der Waals surface area contributed by atoms with Gasteiger partial charge in [0, 0.05) is 30.4 Å². The van der Waals surface area contributed by atoms with E-state index in [-0.39, 0.29) is 24.2 Å². The largest absolute Gasteiger partial charge is 0.394 e. The molecular weight excluding hydrogens is 260 g/mol. The van der Waals surface area contributed by atoms with Gasteiger partial charge in [0.25, 0.3) is 0 Å². The number of hydrogen-bond acceptors (Lipinski definition) is 5. The summed E-state index contributed by atoms with van der Waals surface area (Å²) in [7, 11) is 0. The van der Waals surface area contributed by atoms with Crippen LogP contribution in [0.5, 0.6) is 0 Å². The lowest BCUT2D eigenvalue weighted by Crippen LogP contribution is -2.47. The SMILES string of the molecule is CC1CN(Cc2csc(C(C)(C)C)n2)CC(CO)O1. The van der Waals surface area contributed by atoms with Gasteiger partial charge in [0.1, 0.15) is 0 Å². The van der Waals surface area contributed by atoms with Gasteiger partial charge in [-0.1, -0.05) is 20.8 Å². The van der Waals surface area contributed by atoms with Crippen molar-refractivity contribution in [1.82, 2.24) is 9.88 Å². The van der Waals surface area contributed by atoms with E-state index >= 15 is 0 Å². The zero-order valence-corrected chi connectivity index (χ0v) is 13.0. The monoisotopic (exact) mass is 284 g/mol. The fourth-order valence-electron chi connectivity index (χ4n) is 2.32. The molecule has 2 atom stereocenters. The van der Waals surface area contributed by atoms with Crippen LogP contribution in [0.4, 0.5) is 0 Å². The molecule has 1 aromatic rings. The molecule has 0 spiro atoms. The van der Waals surface area contributed by atoms with Crippen LogP contribution >= 0.6 is 11.3 Å². The second kappa shape index (κ2) is 5.87. The third-order valence-electron chi connectivity index (χ3n) is 3.18. The smallest absolute Gasteiger partial charge is 0.0982 e. The Kier molecular flexibility index (Phi) is 4.61. The molecule has 0 aromatic carbocycles. The normalized spacial score (nSPS) is 25.7. The number of aliphatic hydroxyl groups excluding tert-OH is 1. The van der Waals surface area contributed by atoms with Gasteiger partial charge in [-0.2, -0.15) is 0 Å². The summed E-state index contributed by atoms with van der Waals surface area (Å²) < 4.78 is 5.65. The van der Waals surface area contributed by atoms with Crippen LogP contribution in [0.1, 0.15) is 38.4 Å². The first-order valence-electron chi connectivity index (χ1n) is 6.82. The van der Waals surface area contributed by atoms with E-state index in [9.17, 15) is 5.11 Å². The minimum atomic E-state index is -0.0653. The second-order valence-corrected chi connectivity index (χ2v) is 7.20. The third-order valence-corrected chi connectivity index (χ3v) is 4.50. The van der Waals surface area contributed by atoms with E-state index in [0.29, 0.717) is 0 Å². The molecule has 108 valence electrons. The minimum absolute atomic E-state index is 0.0653. The fraction of sp³-hybridized carbons (Fsp3) is 0.786. The van der Waals surface area contributed by atoms with Crippen LogP contribution in [0.25, 0.3) is 0 Å². The van der Waals surface area contributed by atoms with Crippen molar-refractivity contribution in [3.05, 3.63) is 16.1 Å². The molecule has 1 aromatic heterocycles. The maximum atomic E-state index is 9.24. The van der Waals surface area contributed by atoms with E-state index in [1.165, 1.54) is 5.01 Å². The molecule has 0 amide bonds. The summed E-state index contributed by atoms with van der Waals surface area (Å²) in [4.78, 5) is 7.04. The molecule has 1 fully saturated rings. The minimum Gasteiger partial charge on any atom is -0.394 e. The standard InChI is InChI=1S/C14H24N2O2S/c1-10-5-16(7-12(8-17)18-10)6-11-9-19-13(15-11)14(2,3)4/h9-10,12,17H,5-8H2,1-4H3. The van der Waals surface area contributed by atoms with E-state index in [1.54, 1.807) is 11.3 Å². The highest BCUT2D eigenvalue weighted by Crippen LogP contribution is 2.26. The molecule has 2 heterocycles. The van der Waals surface area contributed by atoms with Gasteiger partial charge in [-0.25, -0.2) is 4.98 Å². The Bertz CT molecular complexity index is 414. The van der Waals surface area contributed by atoms with E-state index in [2.05, 4.69) is 38.0 Å². The van der Waals surface area contributed by atoms with Crippen molar-refractivity contribution < 1.29 is 9.84 Å². The molecule has 4 nitrogen and oxygen atoms in total. The summed E-state index contributed by atoms with van der Waals surface area (Å²) in [5.41, 5.74) is 1.25. The van der Waals surface area contributed by atoms with Crippen molar-refractivity contribution in [2.75, 3.05) is 19.7 Å². The maximum absolute atomic E-state index is 9.24. The average Bonchev–Trinajstić information content (AvgIpc) is 2.76. The summed E-state index contributed by atoms with van der Waals surface area (Å²) in [5.74, 6) is 0. The number of aliphatic hydroxyl groups is 1. The van der Waals surface area contributed by atoms with Gasteiger partial charge in [-0.05, 0) is 6.92 Å². The quantitative estimate of drug-likeness (QED) is 0.922. The number of ether oxygens (including phenoxy) is 1. The highest BCUT2D eigenvalue weighted by atomic mass is 32.1. The average molecular weight is 284 g/mol. The molecule has 0 radical (unpaired) electrons. The summed E-state index contributed by atoms with van der Waals surface area (Å²) in [6.07, 6.45) is 0.107. The van der Waals surface area contributed by atoms with Crippen molar-refractivity contribution in [3.63, 3.8) is 0 Å². The zero-order valence-electron chi connectivity index (χ0n) is 12.2. The first-order chi connectivity index (χ1) is 8.88. The van der Waals surface area contributed by atoms with Gasteiger partial charge in [0.05, 0.1) is 29.5 Å². The van der Waals surface area contributed by atoms with Crippen molar-refractivity contribution in [2.45, 2.75) is 51.9 Å². The Labute approximate surface area is 119 Å². The number of morpholine rings is 1. The molecule has 1 saturated heterocycles. The Balaban J connectivity index is 1.99. The molecule has 0 bridgehead atoms. The summed E-state index contributed by atoms with van der Waals surface area (Å²) in [6, 6.07) is 0. The second-order valence-electron chi connectivity index (χ2n) is 6.34. The number of nitrogens with zero attached hydrogens (tertiary/aromatic N) is 2. The number of aromatic nitrogens is 1. The zero-order chi connectivity index (χ0) is 14.0. The van der Waals surface area contributed by atoms with Crippen LogP contribution in [0.2, 0.25) is 0 Å². The van der Waals surface area contributed by atoms with Crippen LogP contribution in [-0.4, -0.2) is 46.9 Å². The highest BCUT2D eigenvalue weighted by molar-refractivity contribution is 7.09. The van der Waals surface area contributed by atoms with Crippen molar-refractivity contribution in [1.29, 1.82) is 0 Å². The van der Waals surface area contributed by atoms with Crippen molar-refractivity contribution >= 4 is 11.3 Å². The van der Waals surface area contributed by atoms with E-state index < -0.39 is 0 Å². The van der Waals surface area contributed by atoms with Crippen molar-refractivity contribution in [2.24, 2.45) is 0 Å². The van der Waals surface area contributed by atoms with Gasteiger partial charge < -0.3 is 9.84 Å². The first-order valence-corrected chi connectivity index (χ1v) is 7.70. The third kappa shape index (κ3) is 3.99. The van der Waals surface area contributed by atoms with Crippen LogP contribution in [0.3, 0.4) is 0 Å². The number of thiazole rings is 1. The molecule has 1 aliphatic rings. The van der Waals surface area contributed by atoms with E-state index in [1.807, 2.05) is 0 Å². The van der Waals surface area contributed by atoms with Gasteiger partial charge in [0.15, 0.2) is 0 Å². The fourth-order valence-corrected chi connectivity index (χ4v) is 3.22. The van der Waals surface area contributed by atoms with Gasteiger partial charge in [-0.3, -0.25) is 4.90 Å². The Morgan fingerprint density at radius 3 is 2.79 bits per heavy atom. The lowest BCUT2D eigenvalue weighted by molar-refractivity contribution is -0.0974. The van der Waals surface area contributed by atoms with Crippen molar-refractivity contribution in [3.8, 4) is 0 Å². The Morgan fingerprint density at radius 1 is 1.47 bits per heavy atom. The number of hydrogen-bond donors (Lipinski definition) is 1. The molecular formula is C14H24N2O2S. The highest BCUT2D eigenvalue weighted by Gasteiger charge is 2.25. The molecule has 0 saturated carbocycles. The first kappa shape index (κ1) is 14.9.